The summed E-state index contributed by atoms with van der Waals surface area (Å²) in [4.78, 5) is 0. The van der Waals surface area contributed by atoms with Gasteiger partial charge in [-0.15, -0.1) is 0 Å². The van der Waals surface area contributed by atoms with E-state index in [-0.39, 0.29) is 0 Å². The molecule has 2 nitrogen and oxygen atoms in total. The van der Waals surface area contributed by atoms with Crippen molar-refractivity contribution in [3.8, 4) is 27.9 Å². The minimum atomic E-state index is 0.909. The molecule has 0 aliphatic carbocycles. The lowest BCUT2D eigenvalue weighted by Crippen LogP contribution is -1.94. The summed E-state index contributed by atoms with van der Waals surface area (Å²) in [5.74, 6) is 0. The molecule has 0 saturated carbocycles. The lowest BCUT2D eigenvalue weighted by atomic mass is 9.98. The second-order valence-corrected chi connectivity index (χ2v) is 10.8. The normalized spacial score (nSPS) is 11.7. The van der Waals surface area contributed by atoms with Crippen molar-refractivity contribution in [2.75, 3.05) is 0 Å². The third-order valence-corrected chi connectivity index (χ3v) is 8.14. The van der Waals surface area contributed by atoms with E-state index < -0.39 is 0 Å². The van der Waals surface area contributed by atoms with Crippen LogP contribution < -0.4 is 0 Å². The first-order valence-electron chi connectivity index (χ1n) is 13.0. The van der Waals surface area contributed by atoms with E-state index in [9.17, 15) is 0 Å². The number of fused-ring (bicyclic) bond motifs is 6. The lowest BCUT2D eigenvalue weighted by Gasteiger charge is -2.10. The Hall–Kier alpha value is -4.60. The largest absolute Gasteiger partial charge is 0.454 e. The molecule has 0 bridgehead atoms. The highest BCUT2D eigenvalue weighted by Crippen LogP contribution is 2.39. The Bertz CT molecular complexity index is 2200. The Morgan fingerprint density at radius 1 is 0.462 bits per heavy atom. The topological polar surface area (TPSA) is 18.1 Å². The molecule has 0 aliphatic heterocycles. The zero-order valence-corrected chi connectivity index (χ0v) is 22.5. The molecule has 0 N–H and O–H groups in total. The predicted octanol–water partition coefficient (Wildman–Crippen LogP) is 10.8. The Kier molecular flexibility index (Phi) is 5.01. The molecule has 184 valence electrons. The van der Waals surface area contributed by atoms with Gasteiger partial charge >= 0.3 is 0 Å². The summed E-state index contributed by atoms with van der Waals surface area (Å²) in [6.45, 7) is 0. The van der Waals surface area contributed by atoms with E-state index in [2.05, 4.69) is 142 Å². The van der Waals surface area contributed by atoms with Crippen LogP contribution in [0.2, 0.25) is 0 Å². The van der Waals surface area contributed by atoms with Crippen molar-refractivity contribution in [1.82, 2.24) is 4.57 Å². The second kappa shape index (κ2) is 8.72. The van der Waals surface area contributed by atoms with Crippen LogP contribution in [0.5, 0.6) is 0 Å². The average molecular weight is 564 g/mol. The number of hydrogen-bond acceptors (Lipinski definition) is 1. The Labute approximate surface area is 233 Å². The quantitative estimate of drug-likeness (QED) is 0.209. The molecule has 39 heavy (non-hydrogen) atoms. The predicted molar refractivity (Wildman–Crippen MR) is 167 cm³/mol. The monoisotopic (exact) mass is 563 g/mol. The number of aromatic nitrogens is 1. The van der Waals surface area contributed by atoms with Gasteiger partial charge < -0.3 is 8.98 Å². The fraction of sp³-hybridized carbons (Fsp3) is 0. The maximum Gasteiger partial charge on any atom is 0.159 e. The highest BCUT2D eigenvalue weighted by molar-refractivity contribution is 9.10. The number of furan rings is 1. The van der Waals surface area contributed by atoms with Crippen LogP contribution in [0, 0.1) is 0 Å². The first kappa shape index (κ1) is 22.4. The maximum absolute atomic E-state index is 6.44. The molecular formula is C36H22BrNO. The van der Waals surface area contributed by atoms with Gasteiger partial charge in [0.2, 0.25) is 0 Å². The summed E-state index contributed by atoms with van der Waals surface area (Å²) in [7, 11) is 0. The highest BCUT2D eigenvalue weighted by atomic mass is 79.9. The number of halogens is 1. The molecular weight excluding hydrogens is 542 g/mol. The van der Waals surface area contributed by atoms with Gasteiger partial charge in [-0.2, -0.15) is 0 Å². The van der Waals surface area contributed by atoms with Crippen molar-refractivity contribution >= 4 is 59.7 Å². The van der Waals surface area contributed by atoms with Gasteiger partial charge in [0.25, 0.3) is 0 Å². The van der Waals surface area contributed by atoms with E-state index in [0.717, 1.165) is 37.6 Å². The van der Waals surface area contributed by atoms with Crippen molar-refractivity contribution in [3.05, 3.63) is 138 Å². The van der Waals surface area contributed by atoms with Gasteiger partial charge in [0, 0.05) is 26.0 Å². The Morgan fingerprint density at radius 3 is 1.95 bits per heavy atom. The van der Waals surface area contributed by atoms with E-state index in [1.54, 1.807) is 0 Å². The zero-order valence-electron chi connectivity index (χ0n) is 20.9. The van der Waals surface area contributed by atoms with Crippen molar-refractivity contribution < 1.29 is 4.42 Å². The molecule has 0 atom stereocenters. The molecule has 0 amide bonds. The molecule has 2 aromatic heterocycles. The van der Waals surface area contributed by atoms with E-state index >= 15 is 0 Å². The molecule has 2 heterocycles. The number of nitrogens with zero attached hydrogens (tertiary/aromatic N) is 1. The molecule has 0 saturated heterocycles. The van der Waals surface area contributed by atoms with Crippen molar-refractivity contribution in [3.63, 3.8) is 0 Å². The summed E-state index contributed by atoms with van der Waals surface area (Å²) in [6, 6.07) is 47.4. The molecule has 6 aromatic carbocycles. The molecule has 0 spiro atoms. The second-order valence-electron chi connectivity index (χ2n) is 9.93. The fourth-order valence-electron chi connectivity index (χ4n) is 5.87. The molecule has 0 unspecified atom stereocenters. The van der Waals surface area contributed by atoms with Crippen molar-refractivity contribution in [2.24, 2.45) is 0 Å². The van der Waals surface area contributed by atoms with E-state index in [4.69, 9.17) is 4.42 Å². The maximum atomic E-state index is 6.44. The minimum absolute atomic E-state index is 0.909. The minimum Gasteiger partial charge on any atom is -0.454 e. The lowest BCUT2D eigenvalue weighted by molar-refractivity contribution is 0.666. The molecule has 8 rings (SSSR count). The summed E-state index contributed by atoms with van der Waals surface area (Å²) < 4.78 is 9.86. The molecule has 0 radical (unpaired) electrons. The zero-order chi connectivity index (χ0) is 25.9. The van der Waals surface area contributed by atoms with Crippen LogP contribution >= 0.6 is 15.9 Å². The smallest absolute Gasteiger partial charge is 0.159 e. The summed E-state index contributed by atoms with van der Waals surface area (Å²) >= 11 is 3.61. The van der Waals surface area contributed by atoms with Crippen LogP contribution in [0.3, 0.4) is 0 Å². The number of benzene rings is 6. The van der Waals surface area contributed by atoms with E-state index in [1.165, 1.54) is 38.5 Å². The third-order valence-electron chi connectivity index (χ3n) is 7.65. The highest BCUT2D eigenvalue weighted by Gasteiger charge is 2.17. The third kappa shape index (κ3) is 3.54. The number of para-hydroxylation sites is 3. The van der Waals surface area contributed by atoms with Crippen LogP contribution in [0.15, 0.2) is 142 Å². The van der Waals surface area contributed by atoms with Gasteiger partial charge in [-0.05, 0) is 70.8 Å². The van der Waals surface area contributed by atoms with Crippen LogP contribution in [0.25, 0.3) is 71.7 Å². The summed E-state index contributed by atoms with van der Waals surface area (Å²) in [5, 5.41) is 4.73. The summed E-state index contributed by atoms with van der Waals surface area (Å²) in [5.41, 5.74) is 10.0. The Balaban J connectivity index is 1.35. The van der Waals surface area contributed by atoms with Gasteiger partial charge in [0.05, 0.1) is 16.7 Å². The van der Waals surface area contributed by atoms with E-state index in [1.807, 2.05) is 12.1 Å². The van der Waals surface area contributed by atoms with Crippen LogP contribution in [-0.4, -0.2) is 4.57 Å². The van der Waals surface area contributed by atoms with Crippen LogP contribution in [-0.2, 0) is 0 Å². The van der Waals surface area contributed by atoms with Gasteiger partial charge in [-0.3, -0.25) is 0 Å². The fourth-order valence-corrected chi connectivity index (χ4v) is 6.27. The van der Waals surface area contributed by atoms with Gasteiger partial charge in [-0.25, -0.2) is 0 Å². The first-order chi connectivity index (χ1) is 19.2. The number of rotatable bonds is 3. The molecule has 0 fully saturated rings. The van der Waals surface area contributed by atoms with E-state index in [0.29, 0.717) is 0 Å². The average Bonchev–Trinajstić information content (AvgIpc) is 3.53. The standard InChI is InChI=1S/C36H22BrNO/c37-27-11-6-10-25(21-27)23-8-5-9-24(20-23)26-18-19-33-31(22-26)28-12-1-3-15-32(28)38(33)34-16-7-14-30-29-13-2-4-17-35(29)39-36(30)34/h1-22H. The van der Waals surface area contributed by atoms with Gasteiger partial charge in [0.15, 0.2) is 5.58 Å². The molecule has 8 aromatic rings. The Morgan fingerprint density at radius 2 is 1.10 bits per heavy atom. The van der Waals surface area contributed by atoms with Crippen LogP contribution in [0.4, 0.5) is 0 Å². The van der Waals surface area contributed by atoms with Crippen LogP contribution in [0.1, 0.15) is 0 Å². The molecule has 3 heteroatoms. The van der Waals surface area contributed by atoms with Gasteiger partial charge in [0.1, 0.15) is 5.58 Å². The first-order valence-corrected chi connectivity index (χ1v) is 13.8. The molecule has 0 aliphatic rings. The van der Waals surface area contributed by atoms with Crippen molar-refractivity contribution in [2.45, 2.75) is 0 Å². The number of hydrogen-bond donors (Lipinski definition) is 0. The summed E-state index contributed by atoms with van der Waals surface area (Å²) in [6.07, 6.45) is 0. The van der Waals surface area contributed by atoms with Gasteiger partial charge in [-0.1, -0.05) is 101 Å². The van der Waals surface area contributed by atoms with Crippen molar-refractivity contribution in [1.29, 1.82) is 0 Å². The SMILES string of the molecule is Brc1cccc(-c2cccc(-c3ccc4c(c3)c3ccccc3n4-c3cccc4c3oc3ccccc34)c2)c1.